The second-order valence-electron chi connectivity index (χ2n) is 4.22. The summed E-state index contributed by atoms with van der Waals surface area (Å²) in [6, 6.07) is 1.84. The van der Waals surface area contributed by atoms with Crippen LogP contribution in [0.5, 0.6) is 0 Å². The van der Waals surface area contributed by atoms with E-state index >= 15 is 0 Å². The van der Waals surface area contributed by atoms with Gasteiger partial charge in [-0.05, 0) is 18.4 Å². The van der Waals surface area contributed by atoms with Crippen molar-refractivity contribution in [3.8, 4) is 0 Å². The second kappa shape index (κ2) is 6.67. The third-order valence-corrected chi connectivity index (χ3v) is 3.03. The number of aliphatic hydroxyl groups excluding tert-OH is 1. The highest BCUT2D eigenvalue weighted by Gasteiger charge is 2.14. The molecule has 2 heteroatoms. The van der Waals surface area contributed by atoms with Crippen LogP contribution in [-0.2, 0) is 0 Å². The average Bonchev–Trinajstić information content (AvgIpc) is 2.77. The van der Waals surface area contributed by atoms with Gasteiger partial charge in [0.25, 0.3) is 0 Å². The van der Waals surface area contributed by atoms with E-state index in [1.54, 1.807) is 12.5 Å². The first-order chi connectivity index (χ1) is 7.27. The monoisotopic (exact) mass is 210 g/mol. The maximum atomic E-state index is 9.95. The van der Waals surface area contributed by atoms with Gasteiger partial charge in [0.1, 0.15) is 0 Å². The van der Waals surface area contributed by atoms with Gasteiger partial charge >= 0.3 is 0 Å². The van der Waals surface area contributed by atoms with Crippen LogP contribution < -0.4 is 0 Å². The molecule has 0 aromatic carbocycles. The summed E-state index contributed by atoms with van der Waals surface area (Å²) >= 11 is 0. The number of aliphatic hydroxyl groups is 1. The van der Waals surface area contributed by atoms with Crippen molar-refractivity contribution in [1.82, 2.24) is 0 Å². The molecule has 1 rings (SSSR count). The molecule has 2 atom stereocenters. The fourth-order valence-electron chi connectivity index (χ4n) is 1.90. The van der Waals surface area contributed by atoms with Gasteiger partial charge in [0.05, 0.1) is 18.6 Å². The van der Waals surface area contributed by atoms with Gasteiger partial charge in [0.15, 0.2) is 0 Å². The Morgan fingerprint density at radius 3 is 2.73 bits per heavy atom. The van der Waals surface area contributed by atoms with E-state index in [1.165, 1.54) is 19.3 Å². The molecule has 1 aromatic rings. The van der Waals surface area contributed by atoms with Crippen molar-refractivity contribution in [2.75, 3.05) is 0 Å². The molecule has 2 unspecified atom stereocenters. The van der Waals surface area contributed by atoms with E-state index in [0.29, 0.717) is 5.92 Å². The maximum absolute atomic E-state index is 9.95. The van der Waals surface area contributed by atoms with Crippen LogP contribution in [0.1, 0.15) is 57.6 Å². The van der Waals surface area contributed by atoms with Gasteiger partial charge in [-0.3, -0.25) is 0 Å². The van der Waals surface area contributed by atoms with Crippen LogP contribution in [0.2, 0.25) is 0 Å². The number of furan rings is 1. The van der Waals surface area contributed by atoms with Crippen LogP contribution in [0, 0.1) is 5.92 Å². The van der Waals surface area contributed by atoms with Gasteiger partial charge in [-0.15, -0.1) is 0 Å². The second-order valence-corrected chi connectivity index (χ2v) is 4.22. The lowest BCUT2D eigenvalue weighted by atomic mass is 9.91. The van der Waals surface area contributed by atoms with E-state index in [4.69, 9.17) is 4.42 Å². The predicted octanol–water partition coefficient (Wildman–Crippen LogP) is 3.92. The molecule has 0 aliphatic carbocycles. The van der Waals surface area contributed by atoms with Gasteiger partial charge in [0, 0.05) is 5.56 Å². The van der Waals surface area contributed by atoms with E-state index in [0.717, 1.165) is 18.4 Å². The van der Waals surface area contributed by atoms with Crippen molar-refractivity contribution in [2.24, 2.45) is 5.92 Å². The quantitative estimate of drug-likeness (QED) is 0.740. The molecule has 1 N–H and O–H groups in total. The molecule has 0 aliphatic heterocycles. The fourth-order valence-corrected chi connectivity index (χ4v) is 1.90. The topological polar surface area (TPSA) is 33.4 Å². The number of hydrogen-bond acceptors (Lipinski definition) is 2. The highest BCUT2D eigenvalue weighted by Crippen LogP contribution is 2.26. The summed E-state index contributed by atoms with van der Waals surface area (Å²) in [6.45, 7) is 4.40. The van der Waals surface area contributed by atoms with Gasteiger partial charge in [0.2, 0.25) is 0 Å². The normalized spacial score (nSPS) is 15.1. The van der Waals surface area contributed by atoms with E-state index < -0.39 is 0 Å². The molecule has 0 saturated carbocycles. The molecule has 0 fully saturated rings. The predicted molar refractivity (Wildman–Crippen MR) is 61.6 cm³/mol. The minimum absolute atomic E-state index is 0.356. The highest BCUT2D eigenvalue weighted by molar-refractivity contribution is 5.08. The van der Waals surface area contributed by atoms with Crippen LogP contribution in [0.3, 0.4) is 0 Å². The van der Waals surface area contributed by atoms with Crippen molar-refractivity contribution in [3.63, 3.8) is 0 Å². The molecule has 0 amide bonds. The Morgan fingerprint density at radius 2 is 2.20 bits per heavy atom. The summed E-state index contributed by atoms with van der Waals surface area (Å²) in [4.78, 5) is 0. The zero-order chi connectivity index (χ0) is 11.1. The van der Waals surface area contributed by atoms with Gasteiger partial charge < -0.3 is 9.52 Å². The van der Waals surface area contributed by atoms with Gasteiger partial charge in [-0.2, -0.15) is 0 Å². The SMILES string of the molecule is CCCCC(CC)CC(O)c1ccoc1. The highest BCUT2D eigenvalue weighted by atomic mass is 16.3. The lowest BCUT2D eigenvalue weighted by Crippen LogP contribution is -2.06. The smallest absolute Gasteiger partial charge is 0.0960 e. The van der Waals surface area contributed by atoms with Crippen molar-refractivity contribution in [3.05, 3.63) is 24.2 Å². The maximum Gasteiger partial charge on any atom is 0.0960 e. The van der Waals surface area contributed by atoms with Crippen molar-refractivity contribution >= 4 is 0 Å². The third-order valence-electron chi connectivity index (χ3n) is 3.03. The Labute approximate surface area is 92.3 Å². The molecule has 0 spiro atoms. The Hall–Kier alpha value is -0.760. The summed E-state index contributed by atoms with van der Waals surface area (Å²) in [5, 5.41) is 9.95. The van der Waals surface area contributed by atoms with Crippen LogP contribution in [0.15, 0.2) is 23.0 Å². The average molecular weight is 210 g/mol. The summed E-state index contributed by atoms with van der Waals surface area (Å²) in [7, 11) is 0. The largest absolute Gasteiger partial charge is 0.472 e. The molecular weight excluding hydrogens is 188 g/mol. The number of rotatable bonds is 7. The minimum atomic E-state index is -0.356. The molecule has 0 aliphatic rings. The molecular formula is C13H22O2. The number of unbranched alkanes of at least 4 members (excludes halogenated alkanes) is 1. The molecule has 0 saturated heterocycles. The zero-order valence-electron chi connectivity index (χ0n) is 9.78. The lowest BCUT2D eigenvalue weighted by Gasteiger charge is -2.17. The minimum Gasteiger partial charge on any atom is -0.472 e. The van der Waals surface area contributed by atoms with Crippen molar-refractivity contribution in [2.45, 2.75) is 52.1 Å². The van der Waals surface area contributed by atoms with Crippen LogP contribution in [0.4, 0.5) is 0 Å². The number of hydrogen-bond donors (Lipinski definition) is 1. The van der Waals surface area contributed by atoms with E-state index in [1.807, 2.05) is 6.07 Å². The van der Waals surface area contributed by atoms with Crippen molar-refractivity contribution in [1.29, 1.82) is 0 Å². The Kier molecular flexibility index (Phi) is 5.48. The third kappa shape index (κ3) is 4.08. The van der Waals surface area contributed by atoms with Crippen molar-refractivity contribution < 1.29 is 9.52 Å². The summed E-state index contributed by atoms with van der Waals surface area (Å²) in [5.74, 6) is 0.634. The molecule has 86 valence electrons. The van der Waals surface area contributed by atoms with E-state index in [9.17, 15) is 5.11 Å². The van der Waals surface area contributed by atoms with Crippen LogP contribution >= 0.6 is 0 Å². The Bertz CT molecular complexity index is 241. The van der Waals surface area contributed by atoms with Gasteiger partial charge in [-0.1, -0.05) is 39.5 Å². The summed E-state index contributed by atoms with van der Waals surface area (Å²) in [6.07, 6.45) is 8.62. The molecule has 1 aromatic heterocycles. The van der Waals surface area contributed by atoms with E-state index in [2.05, 4.69) is 13.8 Å². The Morgan fingerprint density at radius 1 is 1.40 bits per heavy atom. The van der Waals surface area contributed by atoms with E-state index in [-0.39, 0.29) is 6.10 Å². The van der Waals surface area contributed by atoms with Crippen LogP contribution in [-0.4, -0.2) is 5.11 Å². The Balaban J connectivity index is 2.37. The van der Waals surface area contributed by atoms with Gasteiger partial charge in [-0.25, -0.2) is 0 Å². The van der Waals surface area contributed by atoms with Crippen LogP contribution in [0.25, 0.3) is 0 Å². The summed E-state index contributed by atoms with van der Waals surface area (Å²) in [5.41, 5.74) is 0.907. The standard InChI is InChI=1S/C13H22O2/c1-3-5-6-11(4-2)9-13(14)12-7-8-15-10-12/h7-8,10-11,13-14H,3-6,9H2,1-2H3. The first kappa shape index (κ1) is 12.3. The zero-order valence-corrected chi connectivity index (χ0v) is 9.78. The molecule has 2 nitrogen and oxygen atoms in total. The fraction of sp³-hybridized carbons (Fsp3) is 0.692. The summed E-state index contributed by atoms with van der Waals surface area (Å²) < 4.78 is 4.97. The molecule has 0 radical (unpaired) electrons. The molecule has 15 heavy (non-hydrogen) atoms. The first-order valence-corrected chi connectivity index (χ1v) is 5.98. The lowest BCUT2D eigenvalue weighted by molar-refractivity contribution is 0.138. The molecule has 1 heterocycles. The first-order valence-electron chi connectivity index (χ1n) is 5.98. The molecule has 0 bridgehead atoms.